The number of ether oxygens (including phenoxy) is 3. The van der Waals surface area contributed by atoms with E-state index in [1.54, 1.807) is 25.1 Å². The van der Waals surface area contributed by atoms with Crippen molar-refractivity contribution in [3.05, 3.63) is 51.0 Å². The van der Waals surface area contributed by atoms with Crippen LogP contribution in [0.4, 0.5) is 5.69 Å². The summed E-state index contributed by atoms with van der Waals surface area (Å²) in [6, 6.07) is 5.02. The molecule has 0 fully saturated rings. The van der Waals surface area contributed by atoms with Crippen LogP contribution in [0, 0.1) is 0 Å². The highest BCUT2D eigenvalue weighted by Gasteiger charge is 2.61. The van der Waals surface area contributed by atoms with Crippen molar-refractivity contribution in [2.24, 2.45) is 5.73 Å². The molecule has 3 rings (SSSR count). The SMILES string of the molecule is CCOC(=O)C1=C(C)OC(N)=C(C(=O)OC)[C@]12C(=O)Nc1ccc(Br)cc12. The molecule has 2 aliphatic heterocycles. The molecule has 142 valence electrons. The van der Waals surface area contributed by atoms with Crippen molar-refractivity contribution in [3.8, 4) is 0 Å². The molecule has 1 aromatic rings. The third kappa shape index (κ3) is 2.61. The van der Waals surface area contributed by atoms with Gasteiger partial charge >= 0.3 is 11.9 Å². The van der Waals surface area contributed by atoms with Crippen LogP contribution in [0.5, 0.6) is 0 Å². The van der Waals surface area contributed by atoms with Crippen LogP contribution < -0.4 is 11.1 Å². The van der Waals surface area contributed by atoms with Crippen molar-refractivity contribution in [2.75, 3.05) is 19.0 Å². The van der Waals surface area contributed by atoms with Crippen molar-refractivity contribution in [2.45, 2.75) is 19.3 Å². The van der Waals surface area contributed by atoms with Crippen LogP contribution >= 0.6 is 15.9 Å². The number of hydrogen-bond donors (Lipinski definition) is 2. The molecule has 9 heteroatoms. The third-order valence-electron chi connectivity index (χ3n) is 4.46. The number of hydrogen-bond acceptors (Lipinski definition) is 7. The highest BCUT2D eigenvalue weighted by atomic mass is 79.9. The highest BCUT2D eigenvalue weighted by Crippen LogP contribution is 2.52. The smallest absolute Gasteiger partial charge is 0.340 e. The molecule has 8 nitrogen and oxygen atoms in total. The van der Waals surface area contributed by atoms with Crippen molar-refractivity contribution in [1.82, 2.24) is 0 Å². The number of methoxy groups -OCH3 is 1. The summed E-state index contributed by atoms with van der Waals surface area (Å²) < 4.78 is 16.1. The molecule has 2 heterocycles. The van der Waals surface area contributed by atoms with E-state index in [1.165, 1.54) is 6.92 Å². The Balaban J connectivity index is 2.43. The molecule has 0 saturated carbocycles. The summed E-state index contributed by atoms with van der Waals surface area (Å²) in [6.07, 6.45) is 0. The largest absolute Gasteiger partial charge is 0.465 e. The van der Waals surface area contributed by atoms with Crippen LogP contribution in [0.1, 0.15) is 19.4 Å². The maximum Gasteiger partial charge on any atom is 0.340 e. The topological polar surface area (TPSA) is 117 Å². The second-order valence-corrected chi connectivity index (χ2v) is 6.79. The zero-order valence-corrected chi connectivity index (χ0v) is 16.4. The molecular weight excluding hydrogens is 420 g/mol. The Hall–Kier alpha value is -2.81. The predicted octanol–water partition coefficient (Wildman–Crippen LogP) is 1.85. The zero-order valence-electron chi connectivity index (χ0n) is 14.8. The Labute approximate surface area is 163 Å². The van der Waals surface area contributed by atoms with Gasteiger partial charge in [0.05, 0.1) is 13.7 Å². The van der Waals surface area contributed by atoms with Gasteiger partial charge in [0, 0.05) is 15.7 Å². The van der Waals surface area contributed by atoms with Crippen LogP contribution in [0.2, 0.25) is 0 Å². The average Bonchev–Trinajstić information content (AvgIpc) is 2.87. The summed E-state index contributed by atoms with van der Waals surface area (Å²) in [7, 11) is 1.15. The Kier molecular flexibility index (Phi) is 4.73. The minimum absolute atomic E-state index is 0.0709. The second kappa shape index (κ2) is 6.73. The van der Waals surface area contributed by atoms with Gasteiger partial charge in [0.15, 0.2) is 0 Å². The van der Waals surface area contributed by atoms with Gasteiger partial charge in [0.25, 0.3) is 0 Å². The number of carbonyl (C=O) groups excluding carboxylic acids is 3. The van der Waals surface area contributed by atoms with Crippen molar-refractivity contribution in [1.29, 1.82) is 0 Å². The Morgan fingerprint density at radius 2 is 2.00 bits per heavy atom. The third-order valence-corrected chi connectivity index (χ3v) is 4.95. The number of nitrogens with two attached hydrogens (primary N) is 1. The number of amides is 1. The van der Waals surface area contributed by atoms with Crippen molar-refractivity contribution in [3.63, 3.8) is 0 Å². The summed E-state index contributed by atoms with van der Waals surface area (Å²) in [5, 5.41) is 2.71. The van der Waals surface area contributed by atoms with Gasteiger partial charge in [-0.3, -0.25) is 4.79 Å². The number of nitrogens with one attached hydrogen (secondary N) is 1. The lowest BCUT2D eigenvalue weighted by atomic mass is 9.67. The molecular formula is C18H17BrN2O6. The highest BCUT2D eigenvalue weighted by molar-refractivity contribution is 9.10. The lowest BCUT2D eigenvalue weighted by Gasteiger charge is -2.35. The first kappa shape index (κ1) is 19.0. The Bertz CT molecular complexity index is 936. The number of esters is 2. The maximum absolute atomic E-state index is 13.2. The van der Waals surface area contributed by atoms with E-state index in [9.17, 15) is 14.4 Å². The normalized spacial score (nSPS) is 21.0. The molecule has 0 aliphatic carbocycles. The number of carbonyl (C=O) groups is 3. The van der Waals surface area contributed by atoms with Crippen molar-refractivity contribution < 1.29 is 28.6 Å². The van der Waals surface area contributed by atoms with Gasteiger partial charge in [0.2, 0.25) is 11.8 Å². The fourth-order valence-corrected chi connectivity index (χ4v) is 3.83. The molecule has 2 aliphatic rings. The molecule has 0 bridgehead atoms. The van der Waals surface area contributed by atoms with Crippen LogP contribution in [0.3, 0.4) is 0 Å². The summed E-state index contributed by atoms with van der Waals surface area (Å²) in [4.78, 5) is 38.6. The number of anilines is 1. The molecule has 0 radical (unpaired) electrons. The minimum atomic E-state index is -1.84. The fourth-order valence-electron chi connectivity index (χ4n) is 3.47. The van der Waals surface area contributed by atoms with E-state index in [2.05, 4.69) is 21.2 Å². The van der Waals surface area contributed by atoms with E-state index in [0.717, 1.165) is 7.11 Å². The van der Waals surface area contributed by atoms with Crippen LogP contribution in [-0.2, 0) is 34.0 Å². The van der Waals surface area contributed by atoms with E-state index in [-0.39, 0.29) is 29.4 Å². The molecule has 1 aromatic carbocycles. The van der Waals surface area contributed by atoms with E-state index in [1.807, 2.05) is 0 Å². The molecule has 3 N–H and O–H groups in total. The van der Waals surface area contributed by atoms with Gasteiger partial charge in [-0.2, -0.15) is 0 Å². The maximum atomic E-state index is 13.2. The molecule has 27 heavy (non-hydrogen) atoms. The standard InChI is InChI=1S/C18H17BrN2O6/c1-4-26-16(23)12-8(2)27-14(20)13(15(22)25-3)18(12)10-7-9(19)5-6-11(10)21-17(18)24/h5-7H,4,20H2,1-3H3,(H,21,24)/t18-/m1/s1. The first-order valence-corrected chi connectivity index (χ1v) is 8.84. The quantitative estimate of drug-likeness (QED) is 0.694. The predicted molar refractivity (Wildman–Crippen MR) is 98.1 cm³/mol. The van der Waals surface area contributed by atoms with Gasteiger partial charge in [-0.15, -0.1) is 0 Å². The number of rotatable bonds is 3. The number of allylic oxidation sites excluding steroid dienone is 1. The van der Waals surface area contributed by atoms with Crippen LogP contribution in [-0.4, -0.2) is 31.6 Å². The first-order valence-electron chi connectivity index (χ1n) is 8.05. The first-order chi connectivity index (χ1) is 12.8. The lowest BCUT2D eigenvalue weighted by Crippen LogP contribution is -2.48. The lowest BCUT2D eigenvalue weighted by molar-refractivity contribution is -0.142. The van der Waals surface area contributed by atoms with Gasteiger partial charge < -0.3 is 25.3 Å². The van der Waals surface area contributed by atoms with Crippen molar-refractivity contribution >= 4 is 39.5 Å². The molecule has 0 unspecified atom stereocenters. The minimum Gasteiger partial charge on any atom is -0.465 e. The zero-order chi connectivity index (χ0) is 19.9. The van der Waals surface area contributed by atoms with Gasteiger partial charge in [-0.05, 0) is 32.0 Å². The van der Waals surface area contributed by atoms with E-state index < -0.39 is 23.3 Å². The van der Waals surface area contributed by atoms with Crippen LogP contribution in [0.25, 0.3) is 0 Å². The molecule has 0 saturated heterocycles. The molecule has 1 amide bonds. The van der Waals surface area contributed by atoms with Crippen LogP contribution in [0.15, 0.2) is 45.5 Å². The number of benzene rings is 1. The molecule has 1 spiro atoms. The fraction of sp³-hybridized carbons (Fsp3) is 0.278. The van der Waals surface area contributed by atoms with E-state index in [0.29, 0.717) is 15.7 Å². The second-order valence-electron chi connectivity index (χ2n) is 5.88. The van der Waals surface area contributed by atoms with E-state index in [4.69, 9.17) is 19.9 Å². The summed E-state index contributed by atoms with van der Waals surface area (Å²) in [5.41, 5.74) is 4.55. The summed E-state index contributed by atoms with van der Waals surface area (Å²) in [5.74, 6) is -2.53. The van der Waals surface area contributed by atoms with E-state index >= 15 is 0 Å². The Morgan fingerprint density at radius 1 is 1.30 bits per heavy atom. The number of fused-ring (bicyclic) bond motifs is 2. The summed E-state index contributed by atoms with van der Waals surface area (Å²) in [6.45, 7) is 3.19. The monoisotopic (exact) mass is 436 g/mol. The average molecular weight is 437 g/mol. The van der Waals surface area contributed by atoms with Gasteiger partial charge in [0.1, 0.15) is 22.3 Å². The molecule has 1 atom stereocenters. The molecule has 0 aromatic heterocycles. The summed E-state index contributed by atoms with van der Waals surface area (Å²) >= 11 is 3.36. The van der Waals surface area contributed by atoms with Gasteiger partial charge in [-0.25, -0.2) is 9.59 Å². The number of halogens is 1. The van der Waals surface area contributed by atoms with Gasteiger partial charge in [-0.1, -0.05) is 15.9 Å². The Morgan fingerprint density at radius 3 is 2.63 bits per heavy atom.